The van der Waals surface area contributed by atoms with E-state index < -0.39 is 0 Å². The highest BCUT2D eigenvalue weighted by atomic mass is 35.5. The number of rotatable bonds is 4. The quantitative estimate of drug-likeness (QED) is 0.724. The van der Waals surface area contributed by atoms with E-state index in [0.29, 0.717) is 23.3 Å². The average Bonchev–Trinajstić information content (AvgIpc) is 2.91. The number of aromatic nitrogens is 4. The van der Waals surface area contributed by atoms with Crippen molar-refractivity contribution in [2.75, 3.05) is 5.32 Å². The van der Waals surface area contributed by atoms with E-state index in [1.165, 1.54) is 0 Å². The number of nitrogens with zero attached hydrogens (tertiary/aromatic N) is 3. The van der Waals surface area contributed by atoms with Crippen molar-refractivity contribution in [3.63, 3.8) is 0 Å². The maximum absolute atomic E-state index is 6.08. The fraction of sp³-hybridized carbons (Fsp3) is 0.133. The van der Waals surface area contributed by atoms with Gasteiger partial charge in [0.1, 0.15) is 11.0 Å². The molecule has 0 aliphatic carbocycles. The zero-order valence-electron chi connectivity index (χ0n) is 11.5. The molecule has 2 heterocycles. The summed E-state index contributed by atoms with van der Waals surface area (Å²) in [5, 5.41) is 10.6. The van der Waals surface area contributed by atoms with Crippen molar-refractivity contribution >= 4 is 17.4 Å². The molecule has 0 aliphatic rings. The lowest BCUT2D eigenvalue weighted by atomic mass is 10.2. The molecular formula is C15H14ClN5. The van der Waals surface area contributed by atoms with Gasteiger partial charge in [-0.2, -0.15) is 5.10 Å². The minimum Gasteiger partial charge on any atom is -0.366 e. The van der Waals surface area contributed by atoms with Crippen LogP contribution in [-0.2, 0) is 6.54 Å². The van der Waals surface area contributed by atoms with Crippen LogP contribution in [0.15, 0.2) is 42.6 Å². The Hall–Kier alpha value is -2.40. The Morgan fingerprint density at radius 3 is 2.71 bits per heavy atom. The standard InChI is InChI=1S/C15H14ClN5/c1-10-12(9-18-21-10)8-17-14-7-13(16)19-15(20-14)11-5-3-2-4-6-11/h2-7,9H,8H2,1H3,(H,18,21)(H,17,19,20). The Bertz CT molecular complexity index is 739. The van der Waals surface area contributed by atoms with Gasteiger partial charge in [-0.25, -0.2) is 9.97 Å². The number of aryl methyl sites for hydroxylation is 1. The van der Waals surface area contributed by atoms with E-state index in [4.69, 9.17) is 11.6 Å². The molecule has 3 aromatic rings. The van der Waals surface area contributed by atoms with Gasteiger partial charge in [-0.1, -0.05) is 41.9 Å². The van der Waals surface area contributed by atoms with Gasteiger partial charge < -0.3 is 5.32 Å². The predicted molar refractivity (Wildman–Crippen MR) is 83.1 cm³/mol. The first-order valence-electron chi connectivity index (χ1n) is 6.55. The fourth-order valence-corrected chi connectivity index (χ4v) is 2.15. The van der Waals surface area contributed by atoms with Gasteiger partial charge in [-0.3, -0.25) is 5.10 Å². The molecule has 0 fully saturated rings. The van der Waals surface area contributed by atoms with Crippen molar-refractivity contribution in [1.29, 1.82) is 0 Å². The fourth-order valence-electron chi connectivity index (χ4n) is 1.96. The second kappa shape index (κ2) is 5.93. The van der Waals surface area contributed by atoms with E-state index in [2.05, 4.69) is 25.5 Å². The van der Waals surface area contributed by atoms with E-state index in [9.17, 15) is 0 Å². The van der Waals surface area contributed by atoms with Gasteiger partial charge in [-0.05, 0) is 6.92 Å². The Morgan fingerprint density at radius 2 is 2.00 bits per heavy atom. The molecule has 0 amide bonds. The Morgan fingerprint density at radius 1 is 1.19 bits per heavy atom. The highest BCUT2D eigenvalue weighted by Gasteiger charge is 2.06. The van der Waals surface area contributed by atoms with Gasteiger partial charge in [0, 0.05) is 29.4 Å². The summed E-state index contributed by atoms with van der Waals surface area (Å²) in [6.07, 6.45) is 1.79. The maximum Gasteiger partial charge on any atom is 0.163 e. The zero-order valence-corrected chi connectivity index (χ0v) is 12.2. The molecular weight excluding hydrogens is 286 g/mol. The summed E-state index contributed by atoms with van der Waals surface area (Å²) in [4.78, 5) is 8.76. The van der Waals surface area contributed by atoms with E-state index >= 15 is 0 Å². The minimum atomic E-state index is 0.412. The summed E-state index contributed by atoms with van der Waals surface area (Å²) in [7, 11) is 0. The van der Waals surface area contributed by atoms with Crippen LogP contribution in [0.2, 0.25) is 5.15 Å². The van der Waals surface area contributed by atoms with Crippen LogP contribution in [-0.4, -0.2) is 20.2 Å². The second-order valence-electron chi connectivity index (χ2n) is 4.64. The Balaban J connectivity index is 1.83. The van der Waals surface area contributed by atoms with Gasteiger partial charge in [0.2, 0.25) is 0 Å². The first-order valence-corrected chi connectivity index (χ1v) is 6.93. The predicted octanol–water partition coefficient (Wildman–Crippen LogP) is 3.44. The van der Waals surface area contributed by atoms with Crippen molar-refractivity contribution in [3.05, 3.63) is 59.0 Å². The smallest absolute Gasteiger partial charge is 0.163 e. The van der Waals surface area contributed by atoms with Crippen molar-refractivity contribution < 1.29 is 0 Å². The van der Waals surface area contributed by atoms with E-state index in [-0.39, 0.29) is 0 Å². The number of halogens is 1. The molecule has 2 aromatic heterocycles. The number of aromatic amines is 1. The lowest BCUT2D eigenvalue weighted by Crippen LogP contribution is -2.03. The van der Waals surface area contributed by atoms with E-state index in [1.54, 1.807) is 12.3 Å². The molecule has 0 aliphatic heterocycles. The van der Waals surface area contributed by atoms with Gasteiger partial charge in [-0.15, -0.1) is 0 Å². The van der Waals surface area contributed by atoms with Crippen LogP contribution in [0.1, 0.15) is 11.3 Å². The summed E-state index contributed by atoms with van der Waals surface area (Å²) in [5.74, 6) is 1.30. The molecule has 106 valence electrons. The first kappa shape index (κ1) is 13.6. The second-order valence-corrected chi connectivity index (χ2v) is 5.03. The highest BCUT2D eigenvalue weighted by molar-refractivity contribution is 6.29. The summed E-state index contributed by atoms with van der Waals surface area (Å²) >= 11 is 6.08. The first-order chi connectivity index (χ1) is 10.2. The van der Waals surface area contributed by atoms with Crippen LogP contribution in [0.4, 0.5) is 5.82 Å². The molecule has 1 aromatic carbocycles. The third-order valence-corrected chi connectivity index (χ3v) is 3.31. The normalized spacial score (nSPS) is 10.6. The number of hydrogen-bond donors (Lipinski definition) is 2. The molecule has 0 saturated heterocycles. The molecule has 0 bridgehead atoms. The van der Waals surface area contributed by atoms with Gasteiger partial charge in [0.15, 0.2) is 5.82 Å². The molecule has 21 heavy (non-hydrogen) atoms. The van der Waals surface area contributed by atoms with Crippen molar-refractivity contribution in [3.8, 4) is 11.4 Å². The minimum absolute atomic E-state index is 0.412. The summed E-state index contributed by atoms with van der Waals surface area (Å²) < 4.78 is 0. The topological polar surface area (TPSA) is 66.5 Å². The van der Waals surface area contributed by atoms with Crippen LogP contribution in [0.3, 0.4) is 0 Å². The summed E-state index contributed by atoms with van der Waals surface area (Å²) in [6, 6.07) is 11.5. The average molecular weight is 300 g/mol. The highest BCUT2D eigenvalue weighted by Crippen LogP contribution is 2.20. The number of nitrogens with one attached hydrogen (secondary N) is 2. The molecule has 0 atom stereocenters. The lowest BCUT2D eigenvalue weighted by Gasteiger charge is -2.07. The van der Waals surface area contributed by atoms with Crippen LogP contribution >= 0.6 is 11.6 Å². The van der Waals surface area contributed by atoms with Crippen molar-refractivity contribution in [1.82, 2.24) is 20.2 Å². The van der Waals surface area contributed by atoms with Gasteiger partial charge >= 0.3 is 0 Å². The lowest BCUT2D eigenvalue weighted by molar-refractivity contribution is 1.03. The molecule has 6 heteroatoms. The molecule has 0 radical (unpaired) electrons. The Kier molecular flexibility index (Phi) is 3.83. The van der Waals surface area contributed by atoms with Gasteiger partial charge in [0.05, 0.1) is 6.20 Å². The number of hydrogen-bond acceptors (Lipinski definition) is 4. The number of H-pyrrole nitrogens is 1. The summed E-state index contributed by atoms with van der Waals surface area (Å²) in [6.45, 7) is 2.61. The van der Waals surface area contributed by atoms with Crippen LogP contribution in [0, 0.1) is 6.92 Å². The van der Waals surface area contributed by atoms with Crippen LogP contribution in [0.25, 0.3) is 11.4 Å². The van der Waals surface area contributed by atoms with Gasteiger partial charge in [0.25, 0.3) is 0 Å². The third-order valence-electron chi connectivity index (χ3n) is 3.12. The zero-order chi connectivity index (χ0) is 14.7. The summed E-state index contributed by atoms with van der Waals surface area (Å²) in [5.41, 5.74) is 3.06. The van der Waals surface area contributed by atoms with Crippen LogP contribution in [0.5, 0.6) is 0 Å². The van der Waals surface area contributed by atoms with E-state index in [0.717, 1.165) is 16.8 Å². The third kappa shape index (κ3) is 3.20. The van der Waals surface area contributed by atoms with E-state index in [1.807, 2.05) is 37.3 Å². The molecule has 0 unspecified atom stereocenters. The maximum atomic E-state index is 6.08. The number of anilines is 1. The SMILES string of the molecule is Cc1[nH]ncc1CNc1cc(Cl)nc(-c2ccccc2)n1. The van der Waals surface area contributed by atoms with Crippen molar-refractivity contribution in [2.45, 2.75) is 13.5 Å². The number of benzene rings is 1. The van der Waals surface area contributed by atoms with Crippen molar-refractivity contribution in [2.24, 2.45) is 0 Å². The molecule has 0 saturated carbocycles. The Labute approximate surface area is 127 Å². The largest absolute Gasteiger partial charge is 0.366 e. The van der Waals surface area contributed by atoms with Crippen LogP contribution < -0.4 is 5.32 Å². The molecule has 5 nitrogen and oxygen atoms in total. The molecule has 0 spiro atoms. The molecule has 3 rings (SSSR count). The molecule has 2 N–H and O–H groups in total. The monoisotopic (exact) mass is 299 g/mol.